The predicted molar refractivity (Wildman–Crippen MR) is 106 cm³/mol. The lowest BCUT2D eigenvalue weighted by Gasteiger charge is -2.28. The average Bonchev–Trinajstić information content (AvgIpc) is 2.63. The average molecular weight is 360 g/mol. The van der Waals surface area contributed by atoms with Gasteiger partial charge in [-0.15, -0.1) is 0 Å². The van der Waals surface area contributed by atoms with Crippen molar-refractivity contribution < 1.29 is 9.47 Å². The molecule has 1 fully saturated rings. The fraction of sp³-hybridized carbons (Fsp3) is 0.444. The Kier molecular flexibility index (Phi) is 6.01. The Bertz CT molecular complexity index is 747. The van der Waals surface area contributed by atoms with Gasteiger partial charge < -0.3 is 25.0 Å². The zero-order chi connectivity index (χ0) is 17.6. The number of benzene rings is 1. The summed E-state index contributed by atoms with van der Waals surface area (Å²) in [5.41, 5.74) is 3.14. The molecule has 6 nitrogen and oxygen atoms in total. The Balaban J connectivity index is 1.76. The Labute approximate surface area is 153 Å². The lowest BCUT2D eigenvalue weighted by atomic mass is 10.1. The summed E-state index contributed by atoms with van der Waals surface area (Å²) in [6.45, 7) is 6.71. The summed E-state index contributed by atoms with van der Waals surface area (Å²) in [4.78, 5) is 7.09. The van der Waals surface area contributed by atoms with E-state index < -0.39 is 0 Å². The van der Waals surface area contributed by atoms with Crippen molar-refractivity contribution in [2.45, 2.75) is 6.92 Å². The zero-order valence-corrected chi connectivity index (χ0v) is 15.5. The maximum absolute atomic E-state index is 5.42. The third-order valence-corrected chi connectivity index (χ3v) is 4.43. The smallest absolute Gasteiger partial charge is 0.170 e. The minimum atomic E-state index is 0.590. The molecule has 0 unspecified atom stereocenters. The molecule has 1 saturated heterocycles. The van der Waals surface area contributed by atoms with Crippen LogP contribution in [0, 0.1) is 6.92 Å². The van der Waals surface area contributed by atoms with E-state index >= 15 is 0 Å². The lowest BCUT2D eigenvalue weighted by Crippen LogP contribution is -2.36. The van der Waals surface area contributed by atoms with Crippen LogP contribution in [-0.4, -0.2) is 56.7 Å². The topological polar surface area (TPSA) is 58.7 Å². The molecule has 3 rings (SSSR count). The van der Waals surface area contributed by atoms with Gasteiger partial charge in [0.05, 0.1) is 25.3 Å². The van der Waals surface area contributed by atoms with Crippen molar-refractivity contribution in [2.24, 2.45) is 0 Å². The highest BCUT2D eigenvalue weighted by atomic mass is 32.1. The predicted octanol–water partition coefficient (Wildman–Crippen LogP) is 2.31. The van der Waals surface area contributed by atoms with Gasteiger partial charge in [0.15, 0.2) is 5.11 Å². The first-order valence-electron chi connectivity index (χ1n) is 8.45. The molecule has 2 N–H and O–H groups in total. The number of nitrogens with one attached hydrogen (secondary N) is 2. The summed E-state index contributed by atoms with van der Waals surface area (Å²) in [6.07, 6.45) is 0. The number of ether oxygens (including phenoxy) is 2. The molecule has 0 saturated carbocycles. The van der Waals surface area contributed by atoms with Crippen LogP contribution in [0.15, 0.2) is 24.3 Å². The molecule has 1 aliphatic heterocycles. The van der Waals surface area contributed by atoms with Crippen LogP contribution < -0.4 is 15.5 Å². The highest BCUT2D eigenvalue weighted by Crippen LogP contribution is 2.25. The van der Waals surface area contributed by atoms with Crippen molar-refractivity contribution in [3.63, 3.8) is 0 Å². The van der Waals surface area contributed by atoms with E-state index in [2.05, 4.69) is 34.6 Å². The van der Waals surface area contributed by atoms with Crippen LogP contribution in [0.4, 0.5) is 11.5 Å². The molecule has 0 atom stereocenters. The van der Waals surface area contributed by atoms with Gasteiger partial charge in [0, 0.05) is 37.8 Å². The number of anilines is 2. The summed E-state index contributed by atoms with van der Waals surface area (Å²) in [5, 5.41) is 8.03. The van der Waals surface area contributed by atoms with Crippen LogP contribution in [0.3, 0.4) is 0 Å². The van der Waals surface area contributed by atoms with Gasteiger partial charge in [-0.2, -0.15) is 0 Å². The highest BCUT2D eigenvalue weighted by molar-refractivity contribution is 7.80. The number of hydrogen-bond acceptors (Lipinski definition) is 5. The first-order valence-corrected chi connectivity index (χ1v) is 8.86. The van der Waals surface area contributed by atoms with Crippen molar-refractivity contribution in [1.29, 1.82) is 0 Å². The van der Waals surface area contributed by atoms with Gasteiger partial charge in [-0.1, -0.05) is 0 Å². The van der Waals surface area contributed by atoms with Gasteiger partial charge in [0.1, 0.15) is 5.82 Å². The maximum atomic E-state index is 5.42. The molecule has 0 amide bonds. The quantitative estimate of drug-likeness (QED) is 0.627. The number of methoxy groups -OCH3 is 1. The number of aryl methyl sites for hydroxylation is 1. The van der Waals surface area contributed by atoms with Crippen molar-refractivity contribution in [1.82, 2.24) is 10.3 Å². The summed E-state index contributed by atoms with van der Waals surface area (Å²) < 4.78 is 10.4. The molecular formula is C18H24N4O2S. The van der Waals surface area contributed by atoms with Crippen molar-refractivity contribution in [3.8, 4) is 0 Å². The molecule has 0 radical (unpaired) electrons. The molecule has 2 heterocycles. The number of pyridine rings is 1. The van der Waals surface area contributed by atoms with Gasteiger partial charge in [0.25, 0.3) is 0 Å². The second kappa shape index (κ2) is 8.42. The molecule has 0 bridgehead atoms. The molecule has 7 heteroatoms. The first kappa shape index (κ1) is 17.8. The fourth-order valence-corrected chi connectivity index (χ4v) is 3.07. The monoisotopic (exact) mass is 360 g/mol. The first-order chi connectivity index (χ1) is 12.2. The molecule has 1 aromatic heterocycles. The second-order valence-corrected chi connectivity index (χ2v) is 6.41. The van der Waals surface area contributed by atoms with Gasteiger partial charge in [0.2, 0.25) is 0 Å². The molecule has 25 heavy (non-hydrogen) atoms. The van der Waals surface area contributed by atoms with Crippen LogP contribution >= 0.6 is 12.2 Å². The molecular weight excluding hydrogens is 336 g/mol. The van der Waals surface area contributed by atoms with E-state index in [1.54, 1.807) is 7.11 Å². The Hall–Kier alpha value is -1.96. The summed E-state index contributed by atoms with van der Waals surface area (Å²) >= 11 is 5.30. The Morgan fingerprint density at radius 2 is 2.12 bits per heavy atom. The van der Waals surface area contributed by atoms with Crippen LogP contribution in [0.25, 0.3) is 10.9 Å². The van der Waals surface area contributed by atoms with Crippen LogP contribution in [-0.2, 0) is 9.47 Å². The van der Waals surface area contributed by atoms with E-state index in [4.69, 9.17) is 26.7 Å². The Morgan fingerprint density at radius 1 is 1.32 bits per heavy atom. The van der Waals surface area contributed by atoms with E-state index in [1.165, 1.54) is 5.56 Å². The van der Waals surface area contributed by atoms with E-state index in [-0.39, 0.29) is 0 Å². The minimum absolute atomic E-state index is 0.590. The molecule has 1 aromatic carbocycles. The van der Waals surface area contributed by atoms with Gasteiger partial charge >= 0.3 is 0 Å². The number of fused-ring (bicyclic) bond motifs is 1. The number of aromatic nitrogens is 1. The minimum Gasteiger partial charge on any atom is -0.383 e. The number of nitrogens with zero attached hydrogens (tertiary/aromatic N) is 2. The molecule has 0 aliphatic carbocycles. The SMILES string of the molecule is COCCNC(=S)Nc1ccc2nc(N3CCOCC3)cc(C)c2c1. The van der Waals surface area contributed by atoms with E-state index in [0.29, 0.717) is 18.3 Å². The molecule has 1 aliphatic rings. The standard InChI is InChI=1S/C18H24N4O2S/c1-13-11-17(22-6-9-24-10-7-22)21-16-4-3-14(12-15(13)16)20-18(25)19-5-8-23-2/h3-4,11-12H,5-10H2,1-2H3,(H2,19,20,25). The normalized spacial score (nSPS) is 14.6. The van der Waals surface area contributed by atoms with Gasteiger partial charge in [-0.3, -0.25) is 0 Å². The van der Waals surface area contributed by atoms with Crippen molar-refractivity contribution in [3.05, 3.63) is 29.8 Å². The summed E-state index contributed by atoms with van der Waals surface area (Å²) in [6, 6.07) is 8.27. The fourth-order valence-electron chi connectivity index (χ4n) is 2.85. The van der Waals surface area contributed by atoms with E-state index in [1.807, 2.05) is 12.1 Å². The summed E-state index contributed by atoms with van der Waals surface area (Å²) in [7, 11) is 1.67. The van der Waals surface area contributed by atoms with Gasteiger partial charge in [-0.05, 0) is 49.0 Å². The van der Waals surface area contributed by atoms with Crippen LogP contribution in [0.2, 0.25) is 0 Å². The third-order valence-electron chi connectivity index (χ3n) is 4.19. The lowest BCUT2D eigenvalue weighted by molar-refractivity contribution is 0.122. The second-order valence-electron chi connectivity index (χ2n) is 6.00. The van der Waals surface area contributed by atoms with Crippen LogP contribution in [0.5, 0.6) is 0 Å². The van der Waals surface area contributed by atoms with Crippen LogP contribution in [0.1, 0.15) is 5.56 Å². The molecule has 0 spiro atoms. The van der Waals surface area contributed by atoms with Crippen molar-refractivity contribution in [2.75, 3.05) is 56.8 Å². The summed E-state index contributed by atoms with van der Waals surface area (Å²) in [5.74, 6) is 1.02. The number of morpholine rings is 1. The third kappa shape index (κ3) is 4.56. The van der Waals surface area contributed by atoms with Crippen molar-refractivity contribution >= 4 is 39.7 Å². The molecule has 134 valence electrons. The number of thiocarbonyl (C=S) groups is 1. The maximum Gasteiger partial charge on any atom is 0.170 e. The Morgan fingerprint density at radius 3 is 2.88 bits per heavy atom. The largest absolute Gasteiger partial charge is 0.383 e. The highest BCUT2D eigenvalue weighted by Gasteiger charge is 2.14. The number of rotatable bonds is 5. The van der Waals surface area contributed by atoms with E-state index in [9.17, 15) is 0 Å². The molecule has 2 aromatic rings. The van der Waals surface area contributed by atoms with Gasteiger partial charge in [-0.25, -0.2) is 4.98 Å². The zero-order valence-electron chi connectivity index (χ0n) is 14.7. The van der Waals surface area contributed by atoms with E-state index in [0.717, 1.165) is 48.7 Å². The number of hydrogen-bond donors (Lipinski definition) is 2.